The van der Waals surface area contributed by atoms with Crippen molar-refractivity contribution in [2.75, 3.05) is 0 Å². The van der Waals surface area contributed by atoms with Gasteiger partial charge in [0, 0.05) is 11.1 Å². The van der Waals surface area contributed by atoms with Crippen LogP contribution in [0.15, 0.2) is 58.9 Å². The second kappa shape index (κ2) is 6.58. The van der Waals surface area contributed by atoms with Crippen LogP contribution in [-0.2, 0) is 0 Å². The molecule has 1 atom stereocenters. The largest absolute Gasteiger partial charge is 0.485 e. The number of halogens is 1. The number of rotatable bonds is 2. The zero-order valence-corrected chi connectivity index (χ0v) is 16.4. The molecule has 0 aliphatic carbocycles. The fraction of sp³-hybridized carbons (Fsp3) is 0.0952. The van der Waals surface area contributed by atoms with Gasteiger partial charge in [0.2, 0.25) is 4.96 Å². The van der Waals surface area contributed by atoms with Crippen molar-refractivity contribution in [2.45, 2.75) is 13.0 Å². The quantitative estimate of drug-likeness (QED) is 0.506. The highest BCUT2D eigenvalue weighted by Crippen LogP contribution is 2.30. The molecule has 1 unspecified atom stereocenters. The minimum Gasteiger partial charge on any atom is -0.485 e. The Balaban J connectivity index is 1.60. The lowest BCUT2D eigenvalue weighted by Gasteiger charge is -2.22. The molecule has 0 bridgehead atoms. The molecule has 5 nitrogen and oxygen atoms in total. The molecule has 28 heavy (non-hydrogen) atoms. The summed E-state index contributed by atoms with van der Waals surface area (Å²) >= 11 is 7.52. The zero-order chi connectivity index (χ0) is 19.3. The molecule has 1 aliphatic rings. The maximum Gasteiger partial charge on any atom is 0.291 e. The van der Waals surface area contributed by atoms with Gasteiger partial charge in [-0.15, -0.1) is 5.10 Å². The van der Waals surface area contributed by atoms with Crippen LogP contribution in [0.2, 0.25) is 5.02 Å². The van der Waals surface area contributed by atoms with Crippen LogP contribution in [0.5, 0.6) is 5.75 Å². The van der Waals surface area contributed by atoms with E-state index in [1.807, 2.05) is 61.5 Å². The van der Waals surface area contributed by atoms with Gasteiger partial charge in [-0.2, -0.15) is 9.50 Å². The first-order chi connectivity index (χ1) is 13.6. The summed E-state index contributed by atoms with van der Waals surface area (Å²) in [6, 6.07) is 15.2. The van der Waals surface area contributed by atoms with Crippen LogP contribution in [0.1, 0.15) is 12.5 Å². The van der Waals surface area contributed by atoms with Crippen molar-refractivity contribution in [1.29, 1.82) is 0 Å². The molecule has 0 saturated carbocycles. The molecule has 2 aromatic heterocycles. The van der Waals surface area contributed by atoms with Crippen molar-refractivity contribution in [3.05, 3.63) is 79.6 Å². The van der Waals surface area contributed by atoms with Gasteiger partial charge in [-0.05, 0) is 42.8 Å². The maximum atomic E-state index is 12.8. The molecular weight excluding hydrogens is 394 g/mol. The molecule has 2 aromatic carbocycles. The number of para-hydroxylation sites is 1. The van der Waals surface area contributed by atoms with Crippen LogP contribution < -0.4 is 14.8 Å². The Morgan fingerprint density at radius 2 is 1.96 bits per heavy atom. The van der Waals surface area contributed by atoms with Gasteiger partial charge in [-0.3, -0.25) is 4.79 Å². The van der Waals surface area contributed by atoms with Crippen LogP contribution in [0, 0.1) is 0 Å². The number of thiazole rings is 1. The first-order valence-corrected chi connectivity index (χ1v) is 9.93. The summed E-state index contributed by atoms with van der Waals surface area (Å²) in [6.45, 7) is 1.97. The Morgan fingerprint density at radius 1 is 1.18 bits per heavy atom. The fourth-order valence-corrected chi connectivity index (χ4v) is 4.29. The number of hydrogen-bond acceptors (Lipinski definition) is 5. The standard InChI is InChI=1S/C21H14ClN3O2S/c1-12-14(10-13-6-2-5-9-17(13)27-12)11-18-20(26)25-21(28-18)23-19(24-25)15-7-3-4-8-16(15)22/h2-12H,1H3/b18-11-. The molecule has 0 radical (unpaired) electrons. The fourth-order valence-electron chi connectivity index (χ4n) is 3.16. The first-order valence-electron chi connectivity index (χ1n) is 8.73. The van der Waals surface area contributed by atoms with Crippen LogP contribution in [0.4, 0.5) is 0 Å². The number of hydrogen-bond donors (Lipinski definition) is 0. The van der Waals surface area contributed by atoms with Crippen LogP contribution >= 0.6 is 22.9 Å². The third-order valence-electron chi connectivity index (χ3n) is 4.61. The van der Waals surface area contributed by atoms with E-state index >= 15 is 0 Å². The molecule has 0 N–H and O–H groups in total. The average molecular weight is 408 g/mol. The summed E-state index contributed by atoms with van der Waals surface area (Å²) < 4.78 is 7.85. The lowest BCUT2D eigenvalue weighted by atomic mass is 10.0. The summed E-state index contributed by atoms with van der Waals surface area (Å²) in [5, 5.41) is 4.91. The predicted molar refractivity (Wildman–Crippen MR) is 112 cm³/mol. The highest BCUT2D eigenvalue weighted by Gasteiger charge is 2.18. The molecule has 0 fully saturated rings. The predicted octanol–water partition coefficient (Wildman–Crippen LogP) is 3.84. The van der Waals surface area contributed by atoms with Gasteiger partial charge in [-0.25, -0.2) is 0 Å². The summed E-state index contributed by atoms with van der Waals surface area (Å²) in [5.74, 6) is 1.30. The second-order valence-electron chi connectivity index (χ2n) is 6.47. The Bertz CT molecular complexity index is 1360. The molecule has 7 heteroatoms. The van der Waals surface area contributed by atoms with Crippen LogP contribution in [-0.4, -0.2) is 20.7 Å². The minimum absolute atomic E-state index is 0.143. The third kappa shape index (κ3) is 2.82. The van der Waals surface area contributed by atoms with Crippen molar-refractivity contribution >= 4 is 40.1 Å². The molecule has 0 amide bonds. The van der Waals surface area contributed by atoms with E-state index in [1.165, 1.54) is 15.9 Å². The topological polar surface area (TPSA) is 56.5 Å². The van der Waals surface area contributed by atoms with Crippen molar-refractivity contribution in [1.82, 2.24) is 14.6 Å². The second-order valence-corrected chi connectivity index (χ2v) is 7.88. The summed E-state index contributed by atoms with van der Waals surface area (Å²) in [7, 11) is 0. The minimum atomic E-state index is -0.197. The van der Waals surface area contributed by atoms with E-state index in [9.17, 15) is 4.79 Å². The molecule has 0 saturated heterocycles. The normalized spacial score (nSPS) is 16.7. The zero-order valence-electron chi connectivity index (χ0n) is 14.8. The molecule has 1 aliphatic heterocycles. The monoisotopic (exact) mass is 407 g/mol. The van der Waals surface area contributed by atoms with Crippen LogP contribution in [0.25, 0.3) is 28.5 Å². The van der Waals surface area contributed by atoms with Gasteiger partial charge in [0.15, 0.2) is 5.82 Å². The van der Waals surface area contributed by atoms with E-state index in [2.05, 4.69) is 10.1 Å². The molecule has 5 rings (SSSR count). The lowest BCUT2D eigenvalue weighted by molar-refractivity contribution is 0.259. The lowest BCUT2D eigenvalue weighted by Crippen LogP contribution is -2.26. The average Bonchev–Trinajstić information content (AvgIpc) is 3.22. The van der Waals surface area contributed by atoms with Crippen molar-refractivity contribution < 1.29 is 4.74 Å². The van der Waals surface area contributed by atoms with Crippen LogP contribution in [0.3, 0.4) is 0 Å². The Hall–Kier alpha value is -2.96. The SMILES string of the molecule is CC1Oc2ccccc2C=C1/C=c1\sc2nc(-c3ccccc3Cl)nn2c1=O. The first kappa shape index (κ1) is 17.2. The van der Waals surface area contributed by atoms with Crippen molar-refractivity contribution in [3.8, 4) is 17.1 Å². The van der Waals surface area contributed by atoms with Crippen molar-refractivity contribution in [2.24, 2.45) is 0 Å². The Labute approximate surface area is 169 Å². The molecule has 3 heterocycles. The Kier molecular flexibility index (Phi) is 4.03. The highest BCUT2D eigenvalue weighted by molar-refractivity contribution is 7.15. The van der Waals surface area contributed by atoms with E-state index in [0.717, 1.165) is 16.9 Å². The number of ether oxygens (including phenoxy) is 1. The van der Waals surface area contributed by atoms with Gasteiger partial charge in [0.1, 0.15) is 11.9 Å². The smallest absolute Gasteiger partial charge is 0.291 e. The third-order valence-corrected chi connectivity index (χ3v) is 5.90. The van der Waals surface area contributed by atoms with E-state index in [1.54, 1.807) is 6.07 Å². The van der Waals surface area contributed by atoms with Gasteiger partial charge in [0.25, 0.3) is 5.56 Å². The van der Waals surface area contributed by atoms with Gasteiger partial charge in [0.05, 0.1) is 9.55 Å². The summed E-state index contributed by atoms with van der Waals surface area (Å²) in [5.41, 5.74) is 2.45. The maximum absolute atomic E-state index is 12.8. The molecular formula is C21H14ClN3O2S. The summed E-state index contributed by atoms with van der Waals surface area (Å²) in [4.78, 5) is 17.8. The van der Waals surface area contributed by atoms with Gasteiger partial charge in [-0.1, -0.05) is 53.3 Å². The van der Waals surface area contributed by atoms with Gasteiger partial charge < -0.3 is 4.74 Å². The molecule has 4 aromatic rings. The molecule has 138 valence electrons. The van der Waals surface area contributed by atoms with Gasteiger partial charge >= 0.3 is 0 Å². The number of fused-ring (bicyclic) bond motifs is 2. The van der Waals surface area contributed by atoms with Crippen molar-refractivity contribution in [3.63, 3.8) is 0 Å². The number of nitrogens with zero attached hydrogens (tertiary/aromatic N) is 3. The Morgan fingerprint density at radius 3 is 2.79 bits per heavy atom. The molecule has 0 spiro atoms. The number of aromatic nitrogens is 3. The summed E-state index contributed by atoms with van der Waals surface area (Å²) in [6.07, 6.45) is 3.77. The number of benzene rings is 2. The van der Waals surface area contributed by atoms with E-state index < -0.39 is 0 Å². The van der Waals surface area contributed by atoms with E-state index in [0.29, 0.717) is 25.9 Å². The highest BCUT2D eigenvalue weighted by atomic mass is 35.5. The van der Waals surface area contributed by atoms with E-state index in [-0.39, 0.29) is 11.7 Å². The van der Waals surface area contributed by atoms with E-state index in [4.69, 9.17) is 16.3 Å².